The predicted molar refractivity (Wildman–Crippen MR) is 157 cm³/mol. The molecule has 1 saturated heterocycles. The van der Waals surface area contributed by atoms with Crippen molar-refractivity contribution < 1.29 is 23.8 Å². The number of ketones is 1. The first-order valence-corrected chi connectivity index (χ1v) is 14.8. The standard InChI is InChI=1S/C35H39NO5/c1-24-8-6-17-34(2)30(16-18-35(34)23-36(33(39)41-35)22-25-9-4-3-5-10-25)28-15-13-26(20-27(37)14-12-24)21-29(28)32(38)31-11-7-19-40-31/h3-5,7-11,13,15,19,21,27,30,37H,6,12,14,16-18,20,22-23H2,1-2H3/t27-,30-,34-,35+/m0/s1. The molecule has 0 unspecified atom stereocenters. The van der Waals surface area contributed by atoms with Gasteiger partial charge in [0.2, 0.25) is 5.78 Å². The Morgan fingerprint density at radius 2 is 1.90 bits per heavy atom. The summed E-state index contributed by atoms with van der Waals surface area (Å²) in [5.74, 6) is 0.164. The van der Waals surface area contributed by atoms with E-state index in [4.69, 9.17) is 9.15 Å². The van der Waals surface area contributed by atoms with Crippen LogP contribution in [-0.4, -0.2) is 40.1 Å². The summed E-state index contributed by atoms with van der Waals surface area (Å²) in [7, 11) is 0. The Balaban J connectivity index is 1.42. The number of aliphatic hydroxyl groups is 1. The third-order valence-corrected chi connectivity index (χ3v) is 9.83. The highest BCUT2D eigenvalue weighted by molar-refractivity contribution is 6.08. The molecule has 3 aromatic rings. The molecule has 6 nitrogen and oxygen atoms in total. The molecule has 1 aliphatic heterocycles. The van der Waals surface area contributed by atoms with Crippen LogP contribution in [0.15, 0.2) is 83.0 Å². The normalized spacial score (nSPS) is 28.3. The van der Waals surface area contributed by atoms with Crippen LogP contribution in [0, 0.1) is 5.41 Å². The molecule has 214 valence electrons. The Kier molecular flexibility index (Phi) is 7.37. The number of hydrogen-bond acceptors (Lipinski definition) is 5. The SMILES string of the molecule is CC1=CCC[C@@]2(C)[C@@H](CC[C@@]23CN(Cc2ccccc2)C(=O)O3)c2ccc(cc2C(=O)c2ccco2)C[C@@H](O)CC1. The lowest BCUT2D eigenvalue weighted by atomic mass is 9.65. The summed E-state index contributed by atoms with van der Waals surface area (Å²) in [5, 5.41) is 10.8. The van der Waals surface area contributed by atoms with Gasteiger partial charge in [0.25, 0.3) is 0 Å². The molecule has 0 radical (unpaired) electrons. The Morgan fingerprint density at radius 3 is 2.68 bits per heavy atom. The highest BCUT2D eigenvalue weighted by Gasteiger charge is 2.63. The van der Waals surface area contributed by atoms with Crippen LogP contribution < -0.4 is 0 Å². The van der Waals surface area contributed by atoms with Gasteiger partial charge >= 0.3 is 6.09 Å². The molecule has 41 heavy (non-hydrogen) atoms. The summed E-state index contributed by atoms with van der Waals surface area (Å²) >= 11 is 0. The van der Waals surface area contributed by atoms with Crippen LogP contribution in [0.1, 0.15) is 91.1 Å². The number of aliphatic hydroxyl groups excluding tert-OH is 1. The quantitative estimate of drug-likeness (QED) is 0.273. The number of nitrogens with zero attached hydrogens (tertiary/aromatic N) is 1. The summed E-state index contributed by atoms with van der Waals surface area (Å²) in [4.78, 5) is 29.0. The second-order valence-electron chi connectivity index (χ2n) is 12.4. The van der Waals surface area contributed by atoms with Gasteiger partial charge < -0.3 is 14.3 Å². The number of fused-ring (bicyclic) bond motifs is 8. The number of benzene rings is 2. The van der Waals surface area contributed by atoms with E-state index in [0.717, 1.165) is 48.8 Å². The summed E-state index contributed by atoms with van der Waals surface area (Å²) in [6, 6.07) is 19.6. The Morgan fingerprint density at radius 1 is 1.07 bits per heavy atom. The van der Waals surface area contributed by atoms with Crippen molar-refractivity contribution in [2.75, 3.05) is 6.54 Å². The van der Waals surface area contributed by atoms with E-state index in [0.29, 0.717) is 37.3 Å². The average molecular weight is 554 g/mol. The molecule has 2 aromatic carbocycles. The molecule has 1 spiro atoms. The maximum Gasteiger partial charge on any atom is 0.410 e. The topological polar surface area (TPSA) is 80.0 Å². The summed E-state index contributed by atoms with van der Waals surface area (Å²) in [6.07, 6.45) is 8.25. The van der Waals surface area contributed by atoms with E-state index < -0.39 is 17.1 Å². The van der Waals surface area contributed by atoms with Crippen molar-refractivity contribution in [3.63, 3.8) is 0 Å². The minimum atomic E-state index is -0.651. The second kappa shape index (κ2) is 11.0. The minimum absolute atomic E-state index is 0.0107. The molecule has 1 N–H and O–H groups in total. The van der Waals surface area contributed by atoms with Crippen LogP contribution in [0.5, 0.6) is 0 Å². The predicted octanol–water partition coefficient (Wildman–Crippen LogP) is 7.21. The van der Waals surface area contributed by atoms with Gasteiger partial charge in [0.05, 0.1) is 18.9 Å². The van der Waals surface area contributed by atoms with E-state index in [1.165, 1.54) is 11.8 Å². The maximum atomic E-state index is 13.8. The van der Waals surface area contributed by atoms with Crippen LogP contribution in [0.4, 0.5) is 4.79 Å². The van der Waals surface area contributed by atoms with Gasteiger partial charge in [0, 0.05) is 17.5 Å². The maximum absolute atomic E-state index is 13.8. The lowest BCUT2D eigenvalue weighted by molar-refractivity contribution is -0.0373. The Hall–Kier alpha value is -3.64. The zero-order valence-electron chi connectivity index (χ0n) is 24.0. The highest BCUT2D eigenvalue weighted by Crippen LogP contribution is 2.61. The van der Waals surface area contributed by atoms with E-state index in [-0.39, 0.29) is 17.8 Å². The van der Waals surface area contributed by atoms with Crippen molar-refractivity contribution >= 4 is 11.9 Å². The molecule has 1 saturated carbocycles. The van der Waals surface area contributed by atoms with Gasteiger partial charge in [-0.05, 0) is 92.7 Å². The number of carbonyl (C=O) groups is 2. The summed E-state index contributed by atoms with van der Waals surface area (Å²) in [6.45, 7) is 5.44. The van der Waals surface area contributed by atoms with Gasteiger partial charge in [0.15, 0.2) is 5.76 Å². The van der Waals surface area contributed by atoms with Gasteiger partial charge in [-0.3, -0.25) is 9.69 Å². The fraction of sp³-hybridized carbons (Fsp3) is 0.429. The van der Waals surface area contributed by atoms with Gasteiger partial charge in [-0.25, -0.2) is 4.79 Å². The monoisotopic (exact) mass is 553 g/mol. The van der Waals surface area contributed by atoms with Gasteiger partial charge in [0.1, 0.15) is 5.60 Å². The molecule has 6 heteroatoms. The van der Waals surface area contributed by atoms with Crippen molar-refractivity contribution in [2.45, 2.75) is 83.0 Å². The van der Waals surface area contributed by atoms with E-state index >= 15 is 0 Å². The molecule has 2 bridgehead atoms. The number of hydrogen-bond donors (Lipinski definition) is 1. The van der Waals surface area contributed by atoms with E-state index in [9.17, 15) is 14.7 Å². The van der Waals surface area contributed by atoms with E-state index in [1.807, 2.05) is 41.3 Å². The fourth-order valence-electron chi connectivity index (χ4n) is 7.45. The van der Waals surface area contributed by atoms with Gasteiger partial charge in [-0.15, -0.1) is 0 Å². The van der Waals surface area contributed by atoms with Crippen LogP contribution in [0.25, 0.3) is 0 Å². The minimum Gasteiger partial charge on any atom is -0.461 e. The van der Waals surface area contributed by atoms with Crippen molar-refractivity contribution in [1.29, 1.82) is 0 Å². The Bertz CT molecular complexity index is 1440. The van der Waals surface area contributed by atoms with Crippen LogP contribution in [0.2, 0.25) is 0 Å². The van der Waals surface area contributed by atoms with E-state index in [1.54, 1.807) is 12.1 Å². The smallest absolute Gasteiger partial charge is 0.410 e. The van der Waals surface area contributed by atoms with Crippen molar-refractivity contribution in [3.05, 3.63) is 107 Å². The van der Waals surface area contributed by atoms with Crippen LogP contribution in [-0.2, 0) is 17.7 Å². The second-order valence-corrected chi connectivity index (χ2v) is 12.4. The number of rotatable bonds is 4. The molecular weight excluding hydrogens is 514 g/mol. The van der Waals surface area contributed by atoms with Gasteiger partial charge in [-0.2, -0.15) is 0 Å². The molecular formula is C35H39NO5. The third-order valence-electron chi connectivity index (χ3n) is 9.83. The summed E-state index contributed by atoms with van der Waals surface area (Å²) in [5.41, 5.74) is 3.83. The van der Waals surface area contributed by atoms with E-state index in [2.05, 4.69) is 32.1 Å². The fourth-order valence-corrected chi connectivity index (χ4v) is 7.45. The molecule has 4 aliphatic rings. The van der Waals surface area contributed by atoms with Crippen LogP contribution in [0.3, 0.4) is 0 Å². The molecule has 1 amide bonds. The van der Waals surface area contributed by atoms with Crippen LogP contribution >= 0.6 is 0 Å². The molecule has 4 atom stereocenters. The largest absolute Gasteiger partial charge is 0.461 e. The number of carbonyl (C=O) groups excluding carboxylic acids is 2. The average Bonchev–Trinajstić information content (AvgIpc) is 3.67. The lowest BCUT2D eigenvalue weighted by Gasteiger charge is -2.43. The molecule has 3 aliphatic carbocycles. The first-order chi connectivity index (χ1) is 19.8. The number of amides is 1. The number of allylic oxidation sites excluding steroid dienone is 2. The lowest BCUT2D eigenvalue weighted by Crippen LogP contribution is -2.48. The summed E-state index contributed by atoms with van der Waals surface area (Å²) < 4.78 is 12.0. The zero-order chi connectivity index (χ0) is 28.6. The molecule has 2 fully saturated rings. The van der Waals surface area contributed by atoms with Crippen molar-refractivity contribution in [1.82, 2.24) is 4.90 Å². The Labute approximate surface area is 242 Å². The molecule has 1 aromatic heterocycles. The third kappa shape index (κ3) is 5.14. The number of ether oxygens (including phenoxy) is 1. The van der Waals surface area contributed by atoms with Crippen molar-refractivity contribution in [3.8, 4) is 0 Å². The van der Waals surface area contributed by atoms with Crippen molar-refractivity contribution in [2.24, 2.45) is 5.41 Å². The molecule has 7 rings (SSSR count). The zero-order valence-corrected chi connectivity index (χ0v) is 24.0. The first kappa shape index (κ1) is 27.5. The first-order valence-electron chi connectivity index (χ1n) is 14.8. The highest BCUT2D eigenvalue weighted by atomic mass is 16.6. The van der Waals surface area contributed by atoms with Gasteiger partial charge in [-0.1, -0.05) is 61.0 Å². The number of furan rings is 1. The molecule has 2 heterocycles.